The minimum Gasteiger partial charge on any atom is -0.302 e. The van der Waals surface area contributed by atoms with E-state index in [0.29, 0.717) is 6.54 Å². The Bertz CT molecular complexity index is 351. The molecule has 64 valence electrons. The second-order valence-corrected chi connectivity index (χ2v) is 2.62. The van der Waals surface area contributed by atoms with Crippen LogP contribution in [0.2, 0.25) is 0 Å². The van der Waals surface area contributed by atoms with E-state index in [1.54, 1.807) is 7.05 Å². The van der Waals surface area contributed by atoms with Crippen LogP contribution in [0.25, 0.3) is 0 Å². The van der Waals surface area contributed by atoms with Crippen LogP contribution in [0.15, 0.2) is 30.3 Å². The number of rotatable bonds is 1. The summed E-state index contributed by atoms with van der Waals surface area (Å²) in [5, 5.41) is 8.44. The summed E-state index contributed by atoms with van der Waals surface area (Å²) in [6.45, 7) is 0.478. The number of hydrogen-bond acceptors (Lipinski definition) is 2. The molecule has 0 heterocycles. The van der Waals surface area contributed by atoms with E-state index in [0.717, 1.165) is 5.56 Å². The summed E-state index contributed by atoms with van der Waals surface area (Å²) in [5.74, 6) is 5.87. The molecule has 0 atom stereocenters. The van der Waals surface area contributed by atoms with Gasteiger partial charge < -0.3 is 4.90 Å². The smallest absolute Gasteiger partial charge is 0.179 e. The van der Waals surface area contributed by atoms with E-state index < -0.39 is 0 Å². The van der Waals surface area contributed by atoms with Crippen molar-refractivity contribution in [2.75, 3.05) is 13.6 Å². The number of benzene rings is 1. The third-order valence-electron chi connectivity index (χ3n) is 1.49. The molecule has 0 amide bonds. The van der Waals surface area contributed by atoms with E-state index >= 15 is 0 Å². The standard InChI is InChI=1S/C11H10N2/c1-13(10-12)9-5-8-11-6-3-2-4-7-11/h2-4,6-7H,9H2,1H3. The largest absolute Gasteiger partial charge is 0.302 e. The average Bonchev–Trinajstić information content (AvgIpc) is 2.19. The molecular weight excluding hydrogens is 160 g/mol. The highest BCUT2D eigenvalue weighted by atomic mass is 15.1. The fourth-order valence-electron chi connectivity index (χ4n) is 0.817. The molecule has 1 rings (SSSR count). The van der Waals surface area contributed by atoms with Crippen molar-refractivity contribution in [3.8, 4) is 18.0 Å². The highest BCUT2D eigenvalue weighted by Crippen LogP contribution is 1.94. The van der Waals surface area contributed by atoms with Crippen molar-refractivity contribution < 1.29 is 0 Å². The molecule has 0 fully saturated rings. The Balaban J connectivity index is 2.55. The zero-order chi connectivity index (χ0) is 9.52. The maximum atomic E-state index is 8.44. The second-order valence-electron chi connectivity index (χ2n) is 2.62. The Morgan fingerprint density at radius 2 is 2.00 bits per heavy atom. The van der Waals surface area contributed by atoms with Gasteiger partial charge in [-0.2, -0.15) is 5.26 Å². The summed E-state index contributed by atoms with van der Waals surface area (Å²) in [5.41, 5.74) is 0.980. The first-order chi connectivity index (χ1) is 6.33. The van der Waals surface area contributed by atoms with Gasteiger partial charge in [0.15, 0.2) is 6.19 Å². The molecule has 1 aromatic carbocycles. The first-order valence-electron chi connectivity index (χ1n) is 3.97. The quantitative estimate of drug-likeness (QED) is 0.362. The summed E-state index contributed by atoms with van der Waals surface area (Å²) in [4.78, 5) is 1.48. The lowest BCUT2D eigenvalue weighted by Gasteiger charge is -1.99. The minimum absolute atomic E-state index is 0.478. The van der Waals surface area contributed by atoms with Gasteiger partial charge >= 0.3 is 0 Å². The van der Waals surface area contributed by atoms with Crippen LogP contribution in [0, 0.1) is 23.3 Å². The van der Waals surface area contributed by atoms with Gasteiger partial charge in [0, 0.05) is 12.6 Å². The Kier molecular flexibility index (Phi) is 3.42. The van der Waals surface area contributed by atoms with E-state index in [1.165, 1.54) is 4.90 Å². The topological polar surface area (TPSA) is 27.0 Å². The average molecular weight is 170 g/mol. The van der Waals surface area contributed by atoms with Crippen LogP contribution < -0.4 is 0 Å². The van der Waals surface area contributed by atoms with E-state index in [1.807, 2.05) is 36.5 Å². The third kappa shape index (κ3) is 3.31. The Hall–Kier alpha value is -1.93. The van der Waals surface area contributed by atoms with Crippen molar-refractivity contribution in [1.29, 1.82) is 5.26 Å². The van der Waals surface area contributed by atoms with Crippen LogP contribution in [-0.4, -0.2) is 18.5 Å². The lowest BCUT2D eigenvalue weighted by atomic mass is 10.2. The van der Waals surface area contributed by atoms with E-state index in [4.69, 9.17) is 5.26 Å². The van der Waals surface area contributed by atoms with Gasteiger partial charge in [0.25, 0.3) is 0 Å². The van der Waals surface area contributed by atoms with Crippen LogP contribution in [0.3, 0.4) is 0 Å². The van der Waals surface area contributed by atoms with Crippen LogP contribution in [0.1, 0.15) is 5.56 Å². The Labute approximate surface area is 78.4 Å². The Morgan fingerprint density at radius 1 is 1.31 bits per heavy atom. The maximum Gasteiger partial charge on any atom is 0.179 e. The molecule has 0 saturated heterocycles. The molecule has 0 radical (unpaired) electrons. The van der Waals surface area contributed by atoms with Crippen LogP contribution in [0.5, 0.6) is 0 Å². The van der Waals surface area contributed by atoms with Gasteiger partial charge in [-0.25, -0.2) is 0 Å². The molecule has 0 aromatic heterocycles. The first kappa shape index (κ1) is 9.16. The normalized spacial score (nSPS) is 8.00. The third-order valence-corrected chi connectivity index (χ3v) is 1.49. The zero-order valence-corrected chi connectivity index (χ0v) is 7.49. The van der Waals surface area contributed by atoms with Crippen molar-refractivity contribution in [1.82, 2.24) is 4.90 Å². The number of nitrogens with zero attached hydrogens (tertiary/aromatic N) is 2. The molecule has 1 aromatic rings. The van der Waals surface area contributed by atoms with Crippen molar-refractivity contribution in [2.45, 2.75) is 0 Å². The second kappa shape index (κ2) is 4.85. The molecule has 0 aliphatic rings. The highest BCUT2D eigenvalue weighted by Gasteiger charge is 1.85. The molecule has 0 unspecified atom stereocenters. The van der Waals surface area contributed by atoms with Gasteiger partial charge in [0.1, 0.15) is 0 Å². The van der Waals surface area contributed by atoms with Gasteiger partial charge in [-0.15, -0.1) is 0 Å². The van der Waals surface area contributed by atoms with E-state index in [2.05, 4.69) is 11.8 Å². The van der Waals surface area contributed by atoms with Crippen LogP contribution in [0.4, 0.5) is 0 Å². The number of hydrogen-bond donors (Lipinski definition) is 0. The van der Waals surface area contributed by atoms with Crippen LogP contribution in [-0.2, 0) is 0 Å². The van der Waals surface area contributed by atoms with Crippen molar-refractivity contribution >= 4 is 0 Å². The van der Waals surface area contributed by atoms with E-state index in [-0.39, 0.29) is 0 Å². The lowest BCUT2D eigenvalue weighted by Crippen LogP contribution is -2.10. The molecule has 0 aliphatic heterocycles. The minimum atomic E-state index is 0.478. The SMILES string of the molecule is CN(C#N)CC#Cc1ccccc1. The fraction of sp³-hybridized carbons (Fsp3) is 0.182. The Morgan fingerprint density at radius 3 is 2.62 bits per heavy atom. The fourth-order valence-corrected chi connectivity index (χ4v) is 0.817. The lowest BCUT2D eigenvalue weighted by molar-refractivity contribution is 0.538. The van der Waals surface area contributed by atoms with E-state index in [9.17, 15) is 0 Å². The van der Waals surface area contributed by atoms with Gasteiger partial charge in [-0.3, -0.25) is 0 Å². The first-order valence-corrected chi connectivity index (χ1v) is 3.97. The maximum absolute atomic E-state index is 8.44. The summed E-state index contributed by atoms with van der Waals surface area (Å²) >= 11 is 0. The molecule has 0 spiro atoms. The molecule has 2 heteroatoms. The summed E-state index contributed by atoms with van der Waals surface area (Å²) in [7, 11) is 1.71. The molecule has 0 N–H and O–H groups in total. The summed E-state index contributed by atoms with van der Waals surface area (Å²) < 4.78 is 0. The summed E-state index contributed by atoms with van der Waals surface area (Å²) in [6, 6.07) is 9.72. The molecule has 0 aliphatic carbocycles. The molecular formula is C11H10N2. The highest BCUT2D eigenvalue weighted by molar-refractivity contribution is 5.33. The molecule has 0 saturated carbocycles. The van der Waals surface area contributed by atoms with Gasteiger partial charge in [-0.1, -0.05) is 30.0 Å². The zero-order valence-electron chi connectivity index (χ0n) is 7.49. The number of nitriles is 1. The van der Waals surface area contributed by atoms with Crippen molar-refractivity contribution in [3.05, 3.63) is 35.9 Å². The summed E-state index contributed by atoms with van der Waals surface area (Å²) in [6.07, 6.45) is 1.98. The molecule has 2 nitrogen and oxygen atoms in total. The molecule has 13 heavy (non-hydrogen) atoms. The van der Waals surface area contributed by atoms with Crippen molar-refractivity contribution in [2.24, 2.45) is 0 Å². The molecule has 0 bridgehead atoms. The van der Waals surface area contributed by atoms with Crippen LogP contribution >= 0.6 is 0 Å². The van der Waals surface area contributed by atoms with Crippen molar-refractivity contribution in [3.63, 3.8) is 0 Å². The predicted molar refractivity (Wildman–Crippen MR) is 51.6 cm³/mol. The predicted octanol–water partition coefficient (Wildman–Crippen LogP) is 1.45. The van der Waals surface area contributed by atoms with Gasteiger partial charge in [0.05, 0.1) is 6.54 Å². The monoisotopic (exact) mass is 170 g/mol. The van der Waals surface area contributed by atoms with Gasteiger partial charge in [-0.05, 0) is 12.1 Å². The van der Waals surface area contributed by atoms with Gasteiger partial charge in [0.2, 0.25) is 0 Å².